The number of hydrogen-bond acceptors (Lipinski definition) is 5. The van der Waals surface area contributed by atoms with Crippen molar-refractivity contribution in [3.05, 3.63) is 63.7 Å². The van der Waals surface area contributed by atoms with Gasteiger partial charge in [-0.15, -0.1) is 0 Å². The number of ether oxygens (including phenoxy) is 2. The highest BCUT2D eigenvalue weighted by Gasteiger charge is 2.15. The summed E-state index contributed by atoms with van der Waals surface area (Å²) in [5, 5.41) is 10.6. The first-order chi connectivity index (χ1) is 10.6. The van der Waals surface area contributed by atoms with E-state index in [2.05, 4.69) is 0 Å². The van der Waals surface area contributed by atoms with Crippen LogP contribution in [0.15, 0.2) is 42.5 Å². The summed E-state index contributed by atoms with van der Waals surface area (Å²) in [7, 11) is 0. The lowest BCUT2D eigenvalue weighted by atomic mass is 10.0. The van der Waals surface area contributed by atoms with Crippen LogP contribution in [0.5, 0.6) is 11.5 Å². The van der Waals surface area contributed by atoms with Crippen molar-refractivity contribution in [1.82, 2.24) is 0 Å². The summed E-state index contributed by atoms with van der Waals surface area (Å²) >= 11 is 0. The molecule has 6 heteroatoms. The van der Waals surface area contributed by atoms with E-state index in [4.69, 9.17) is 9.47 Å². The highest BCUT2D eigenvalue weighted by molar-refractivity contribution is 5.98. The van der Waals surface area contributed by atoms with Gasteiger partial charge in [-0.25, -0.2) is 0 Å². The fraction of sp³-hybridized carbons (Fsp3) is 0.188. The van der Waals surface area contributed by atoms with Gasteiger partial charge in [0.15, 0.2) is 17.3 Å². The molecule has 0 saturated heterocycles. The van der Waals surface area contributed by atoms with Gasteiger partial charge in [0.1, 0.15) is 13.2 Å². The zero-order chi connectivity index (χ0) is 15.5. The van der Waals surface area contributed by atoms with E-state index >= 15 is 0 Å². The molecule has 22 heavy (non-hydrogen) atoms. The fourth-order valence-corrected chi connectivity index (χ4v) is 2.24. The van der Waals surface area contributed by atoms with Gasteiger partial charge in [-0.05, 0) is 23.8 Å². The van der Waals surface area contributed by atoms with Crippen LogP contribution in [-0.4, -0.2) is 23.9 Å². The number of benzene rings is 2. The zero-order valence-corrected chi connectivity index (χ0v) is 11.7. The number of non-ortho nitro benzene ring substituents is 1. The topological polar surface area (TPSA) is 78.7 Å². The number of nitro groups is 1. The molecule has 1 heterocycles. The summed E-state index contributed by atoms with van der Waals surface area (Å²) in [5.41, 5.74) is 1.27. The Morgan fingerprint density at radius 1 is 1.05 bits per heavy atom. The highest BCUT2D eigenvalue weighted by atomic mass is 16.6. The summed E-state index contributed by atoms with van der Waals surface area (Å²) in [6, 6.07) is 11.1. The van der Waals surface area contributed by atoms with E-state index in [1.54, 1.807) is 30.3 Å². The number of Topliss-reactive ketones (excluding diaryl/α,β-unsaturated/α-hetero) is 1. The average molecular weight is 299 g/mol. The van der Waals surface area contributed by atoms with Crippen LogP contribution in [0.4, 0.5) is 5.69 Å². The summed E-state index contributed by atoms with van der Waals surface area (Å²) in [6.07, 6.45) is 0.178. The Morgan fingerprint density at radius 3 is 2.41 bits per heavy atom. The second-order valence-electron chi connectivity index (χ2n) is 4.88. The smallest absolute Gasteiger partial charge is 0.269 e. The Labute approximate surface area is 126 Å². The molecule has 112 valence electrons. The predicted molar refractivity (Wildman–Crippen MR) is 78.6 cm³/mol. The molecule has 0 spiro atoms. The van der Waals surface area contributed by atoms with E-state index in [-0.39, 0.29) is 17.9 Å². The van der Waals surface area contributed by atoms with Crippen LogP contribution in [0.1, 0.15) is 15.9 Å². The zero-order valence-electron chi connectivity index (χ0n) is 11.7. The molecule has 0 aliphatic carbocycles. The number of carbonyl (C=O) groups is 1. The van der Waals surface area contributed by atoms with Crippen LogP contribution in [0.2, 0.25) is 0 Å². The third kappa shape index (κ3) is 2.90. The minimum atomic E-state index is -0.466. The van der Waals surface area contributed by atoms with Crippen LogP contribution in [-0.2, 0) is 6.42 Å². The molecule has 1 aliphatic rings. The first-order valence-corrected chi connectivity index (χ1v) is 6.79. The molecule has 0 radical (unpaired) electrons. The number of ketones is 1. The van der Waals surface area contributed by atoms with Gasteiger partial charge in [0, 0.05) is 24.1 Å². The normalized spacial score (nSPS) is 12.7. The Bertz CT molecular complexity index is 724. The van der Waals surface area contributed by atoms with Crippen LogP contribution in [0.3, 0.4) is 0 Å². The summed E-state index contributed by atoms with van der Waals surface area (Å²) < 4.78 is 10.9. The van der Waals surface area contributed by atoms with E-state index in [1.165, 1.54) is 12.1 Å². The quantitative estimate of drug-likeness (QED) is 0.493. The van der Waals surface area contributed by atoms with Crippen molar-refractivity contribution >= 4 is 11.5 Å². The lowest BCUT2D eigenvalue weighted by Crippen LogP contribution is -2.16. The number of hydrogen-bond donors (Lipinski definition) is 0. The minimum Gasteiger partial charge on any atom is -0.486 e. The fourth-order valence-electron chi connectivity index (χ4n) is 2.24. The Balaban J connectivity index is 1.75. The van der Waals surface area contributed by atoms with Crippen molar-refractivity contribution in [3.8, 4) is 11.5 Å². The molecule has 0 atom stereocenters. The molecule has 2 aromatic carbocycles. The van der Waals surface area contributed by atoms with E-state index < -0.39 is 4.92 Å². The first-order valence-electron chi connectivity index (χ1n) is 6.79. The van der Waals surface area contributed by atoms with Crippen molar-refractivity contribution in [2.24, 2.45) is 0 Å². The van der Waals surface area contributed by atoms with E-state index in [0.29, 0.717) is 30.3 Å². The Hall–Kier alpha value is -2.89. The Morgan fingerprint density at radius 2 is 1.73 bits per heavy atom. The van der Waals surface area contributed by atoms with Gasteiger partial charge in [-0.1, -0.05) is 12.1 Å². The molecule has 2 aromatic rings. The summed E-state index contributed by atoms with van der Waals surface area (Å²) in [6.45, 7) is 0.968. The lowest BCUT2D eigenvalue weighted by molar-refractivity contribution is -0.384. The maximum atomic E-state index is 12.3. The third-order valence-corrected chi connectivity index (χ3v) is 3.38. The van der Waals surface area contributed by atoms with Crippen molar-refractivity contribution in [1.29, 1.82) is 0 Å². The molecule has 0 bridgehead atoms. The molecule has 3 rings (SSSR count). The maximum absolute atomic E-state index is 12.3. The molecule has 6 nitrogen and oxygen atoms in total. The van der Waals surface area contributed by atoms with Crippen molar-refractivity contribution in [2.45, 2.75) is 6.42 Å². The molecular weight excluding hydrogens is 286 g/mol. The number of fused-ring (bicyclic) bond motifs is 1. The SMILES string of the molecule is O=C(Cc1ccc([N+](=O)[O-])cc1)c1ccc2c(c1)OCCO2. The van der Waals surface area contributed by atoms with Gasteiger partial charge in [-0.3, -0.25) is 14.9 Å². The number of carbonyl (C=O) groups excluding carboxylic acids is 1. The first kappa shape index (κ1) is 14.1. The molecule has 0 fully saturated rings. The van der Waals surface area contributed by atoms with Gasteiger partial charge < -0.3 is 9.47 Å². The molecule has 0 unspecified atom stereocenters. The molecule has 0 saturated carbocycles. The van der Waals surface area contributed by atoms with Crippen molar-refractivity contribution in [2.75, 3.05) is 13.2 Å². The van der Waals surface area contributed by atoms with Crippen molar-refractivity contribution < 1.29 is 19.2 Å². The van der Waals surface area contributed by atoms with Crippen LogP contribution in [0.25, 0.3) is 0 Å². The number of nitro benzene ring substituents is 1. The second-order valence-corrected chi connectivity index (χ2v) is 4.88. The largest absolute Gasteiger partial charge is 0.486 e. The van der Waals surface area contributed by atoms with Gasteiger partial charge in [-0.2, -0.15) is 0 Å². The number of nitrogens with zero attached hydrogens (tertiary/aromatic N) is 1. The van der Waals surface area contributed by atoms with Crippen molar-refractivity contribution in [3.63, 3.8) is 0 Å². The van der Waals surface area contributed by atoms with E-state index in [9.17, 15) is 14.9 Å². The van der Waals surface area contributed by atoms with Gasteiger partial charge >= 0.3 is 0 Å². The molecule has 0 N–H and O–H groups in total. The van der Waals surface area contributed by atoms with Gasteiger partial charge in [0.2, 0.25) is 0 Å². The predicted octanol–water partition coefficient (Wildman–Crippen LogP) is 2.79. The van der Waals surface area contributed by atoms with E-state index in [0.717, 1.165) is 5.56 Å². The van der Waals surface area contributed by atoms with Crippen LogP contribution < -0.4 is 9.47 Å². The molecule has 0 aromatic heterocycles. The maximum Gasteiger partial charge on any atom is 0.269 e. The standard InChI is InChI=1S/C16H13NO5/c18-14(9-11-1-4-13(5-2-11)17(19)20)12-3-6-15-16(10-12)22-8-7-21-15/h1-6,10H,7-9H2. The Kier molecular flexibility index (Phi) is 3.74. The second kappa shape index (κ2) is 5.85. The molecule has 1 aliphatic heterocycles. The number of rotatable bonds is 4. The summed E-state index contributed by atoms with van der Waals surface area (Å²) in [5.74, 6) is 1.13. The highest BCUT2D eigenvalue weighted by Crippen LogP contribution is 2.31. The average Bonchev–Trinajstić information content (AvgIpc) is 2.55. The van der Waals surface area contributed by atoms with Gasteiger partial charge in [0.05, 0.1) is 4.92 Å². The van der Waals surface area contributed by atoms with Crippen LogP contribution in [0, 0.1) is 10.1 Å². The summed E-state index contributed by atoms with van der Waals surface area (Å²) in [4.78, 5) is 22.4. The minimum absolute atomic E-state index is 0.00975. The van der Waals surface area contributed by atoms with Gasteiger partial charge in [0.25, 0.3) is 5.69 Å². The molecular formula is C16H13NO5. The third-order valence-electron chi connectivity index (χ3n) is 3.38. The van der Waals surface area contributed by atoms with Crippen LogP contribution >= 0.6 is 0 Å². The van der Waals surface area contributed by atoms with E-state index in [1.807, 2.05) is 0 Å². The monoisotopic (exact) mass is 299 g/mol. The lowest BCUT2D eigenvalue weighted by Gasteiger charge is -2.18. The molecule has 0 amide bonds.